The molecule has 0 unspecified atom stereocenters. The molecule has 3 aromatic rings. The third-order valence-corrected chi connectivity index (χ3v) is 3.91. The summed E-state index contributed by atoms with van der Waals surface area (Å²) in [5.41, 5.74) is 4.76. The first kappa shape index (κ1) is 14.6. The van der Waals surface area contributed by atoms with Crippen LogP contribution in [0.4, 0.5) is 0 Å². The van der Waals surface area contributed by atoms with Crippen LogP contribution in [0.25, 0.3) is 10.9 Å². The highest BCUT2D eigenvalue weighted by Crippen LogP contribution is 2.22. The van der Waals surface area contributed by atoms with Gasteiger partial charge in [-0.25, -0.2) is 5.43 Å². The molecule has 1 aromatic heterocycles. The predicted octanol–water partition coefficient (Wildman–Crippen LogP) is 4.24. The van der Waals surface area contributed by atoms with E-state index < -0.39 is 0 Å². The summed E-state index contributed by atoms with van der Waals surface area (Å²) >= 11 is 11.7. The van der Waals surface area contributed by atoms with Crippen LogP contribution in [0.15, 0.2) is 53.8 Å². The van der Waals surface area contributed by atoms with Crippen LogP contribution < -0.4 is 5.43 Å². The van der Waals surface area contributed by atoms with Crippen molar-refractivity contribution in [3.05, 3.63) is 69.8 Å². The summed E-state index contributed by atoms with van der Waals surface area (Å²) < 4.78 is 0. The van der Waals surface area contributed by atoms with Crippen molar-refractivity contribution in [2.24, 2.45) is 5.10 Å². The van der Waals surface area contributed by atoms with Crippen LogP contribution in [0.1, 0.15) is 15.9 Å². The summed E-state index contributed by atoms with van der Waals surface area (Å²) in [4.78, 5) is 15.1. The number of amides is 1. The van der Waals surface area contributed by atoms with Gasteiger partial charge in [0.1, 0.15) is 0 Å². The fourth-order valence-corrected chi connectivity index (χ4v) is 2.36. The zero-order valence-electron chi connectivity index (χ0n) is 11.3. The van der Waals surface area contributed by atoms with Gasteiger partial charge in [-0.3, -0.25) is 4.79 Å². The Balaban J connectivity index is 1.74. The molecule has 4 nitrogen and oxygen atoms in total. The Morgan fingerprint density at radius 2 is 1.95 bits per heavy atom. The molecule has 0 aliphatic carbocycles. The van der Waals surface area contributed by atoms with E-state index in [1.807, 2.05) is 30.5 Å². The van der Waals surface area contributed by atoms with Gasteiger partial charge in [-0.2, -0.15) is 5.10 Å². The number of nitrogens with one attached hydrogen (secondary N) is 2. The lowest BCUT2D eigenvalue weighted by Gasteiger charge is -2.01. The minimum Gasteiger partial charge on any atom is -0.361 e. The number of hydrogen-bond acceptors (Lipinski definition) is 2. The van der Waals surface area contributed by atoms with E-state index in [9.17, 15) is 4.79 Å². The predicted molar refractivity (Wildman–Crippen MR) is 89.8 cm³/mol. The minimum atomic E-state index is -0.352. The summed E-state index contributed by atoms with van der Waals surface area (Å²) in [5, 5.41) is 5.74. The average molecular weight is 332 g/mol. The van der Waals surface area contributed by atoms with Crippen LogP contribution in [0.2, 0.25) is 10.0 Å². The Labute approximate surface area is 136 Å². The van der Waals surface area contributed by atoms with E-state index in [1.165, 1.54) is 6.07 Å². The monoisotopic (exact) mass is 331 g/mol. The van der Waals surface area contributed by atoms with Gasteiger partial charge in [-0.15, -0.1) is 0 Å². The molecule has 2 N–H and O–H groups in total. The van der Waals surface area contributed by atoms with Crippen molar-refractivity contribution < 1.29 is 4.79 Å². The number of para-hydroxylation sites is 1. The van der Waals surface area contributed by atoms with E-state index in [0.29, 0.717) is 15.6 Å². The van der Waals surface area contributed by atoms with Crippen molar-refractivity contribution in [3.63, 3.8) is 0 Å². The molecule has 0 fully saturated rings. The standard InChI is InChI=1S/C16H11Cl2N3O/c17-13-6-5-10(7-14(13)18)16(22)21-20-9-11-8-19-15-4-2-1-3-12(11)15/h1-9,19H,(H,21,22). The normalized spacial score (nSPS) is 11.2. The van der Waals surface area contributed by atoms with Crippen LogP contribution in [-0.2, 0) is 0 Å². The zero-order chi connectivity index (χ0) is 15.5. The average Bonchev–Trinajstić information content (AvgIpc) is 2.93. The third kappa shape index (κ3) is 2.98. The fraction of sp³-hybridized carbons (Fsp3) is 0. The number of carbonyl (C=O) groups is 1. The molecule has 0 aliphatic heterocycles. The Kier molecular flexibility index (Phi) is 4.13. The molecular formula is C16H11Cl2N3O. The molecule has 1 amide bonds. The highest BCUT2D eigenvalue weighted by atomic mass is 35.5. The molecule has 0 saturated heterocycles. The van der Waals surface area contributed by atoms with Crippen LogP contribution >= 0.6 is 23.2 Å². The van der Waals surface area contributed by atoms with Gasteiger partial charge >= 0.3 is 0 Å². The quantitative estimate of drug-likeness (QED) is 0.547. The van der Waals surface area contributed by atoms with E-state index in [2.05, 4.69) is 15.5 Å². The minimum absolute atomic E-state index is 0.329. The lowest BCUT2D eigenvalue weighted by Crippen LogP contribution is -2.17. The van der Waals surface area contributed by atoms with Crippen molar-refractivity contribution in [2.45, 2.75) is 0 Å². The molecule has 3 rings (SSSR count). The summed E-state index contributed by atoms with van der Waals surface area (Å²) in [6.07, 6.45) is 3.42. The number of H-pyrrole nitrogens is 1. The summed E-state index contributed by atoms with van der Waals surface area (Å²) in [6, 6.07) is 12.5. The molecule has 110 valence electrons. The molecule has 0 radical (unpaired) electrons. The Morgan fingerprint density at radius 1 is 1.14 bits per heavy atom. The van der Waals surface area contributed by atoms with E-state index in [1.54, 1.807) is 18.3 Å². The number of hydrazone groups is 1. The van der Waals surface area contributed by atoms with E-state index in [4.69, 9.17) is 23.2 Å². The number of benzene rings is 2. The smallest absolute Gasteiger partial charge is 0.271 e. The van der Waals surface area contributed by atoms with E-state index >= 15 is 0 Å². The van der Waals surface area contributed by atoms with Crippen LogP contribution in [0.3, 0.4) is 0 Å². The zero-order valence-corrected chi connectivity index (χ0v) is 12.8. The second-order valence-electron chi connectivity index (χ2n) is 4.62. The Morgan fingerprint density at radius 3 is 2.77 bits per heavy atom. The molecule has 0 saturated carbocycles. The molecule has 6 heteroatoms. The van der Waals surface area contributed by atoms with Crippen molar-refractivity contribution in [2.75, 3.05) is 0 Å². The molecule has 0 atom stereocenters. The highest BCUT2D eigenvalue weighted by molar-refractivity contribution is 6.42. The number of hydrogen-bond donors (Lipinski definition) is 2. The fourth-order valence-electron chi connectivity index (χ4n) is 2.06. The van der Waals surface area contributed by atoms with E-state index in [0.717, 1.165) is 16.5 Å². The molecule has 1 heterocycles. The second-order valence-corrected chi connectivity index (χ2v) is 5.43. The molecule has 0 aliphatic rings. The van der Waals surface area contributed by atoms with Crippen molar-refractivity contribution >= 4 is 46.2 Å². The van der Waals surface area contributed by atoms with Gasteiger partial charge in [0.25, 0.3) is 5.91 Å². The van der Waals surface area contributed by atoms with Gasteiger partial charge in [-0.1, -0.05) is 41.4 Å². The van der Waals surface area contributed by atoms with Crippen LogP contribution in [-0.4, -0.2) is 17.1 Å². The van der Waals surface area contributed by atoms with E-state index in [-0.39, 0.29) is 5.91 Å². The number of rotatable bonds is 3. The number of nitrogens with zero attached hydrogens (tertiary/aromatic N) is 1. The molecule has 0 spiro atoms. The maximum Gasteiger partial charge on any atom is 0.271 e. The van der Waals surface area contributed by atoms with Gasteiger partial charge in [-0.05, 0) is 24.3 Å². The number of aromatic amines is 1. The van der Waals surface area contributed by atoms with Crippen molar-refractivity contribution in [1.82, 2.24) is 10.4 Å². The summed E-state index contributed by atoms with van der Waals surface area (Å²) in [6.45, 7) is 0. The largest absolute Gasteiger partial charge is 0.361 e. The first-order valence-corrected chi connectivity index (χ1v) is 7.25. The Bertz CT molecular complexity index is 871. The van der Waals surface area contributed by atoms with Crippen LogP contribution in [0, 0.1) is 0 Å². The van der Waals surface area contributed by atoms with Crippen molar-refractivity contribution in [1.29, 1.82) is 0 Å². The third-order valence-electron chi connectivity index (χ3n) is 3.17. The lowest BCUT2D eigenvalue weighted by molar-refractivity contribution is 0.0955. The first-order chi connectivity index (χ1) is 10.6. The second kappa shape index (κ2) is 6.22. The maximum atomic E-state index is 12.0. The maximum absolute atomic E-state index is 12.0. The lowest BCUT2D eigenvalue weighted by atomic mass is 10.2. The SMILES string of the molecule is O=C(NN=Cc1c[nH]c2ccccc12)c1ccc(Cl)c(Cl)c1. The topological polar surface area (TPSA) is 57.2 Å². The molecule has 22 heavy (non-hydrogen) atoms. The van der Waals surface area contributed by atoms with Gasteiger partial charge in [0.05, 0.1) is 16.3 Å². The van der Waals surface area contributed by atoms with Gasteiger partial charge in [0, 0.05) is 28.2 Å². The first-order valence-electron chi connectivity index (χ1n) is 6.50. The number of halogens is 2. The van der Waals surface area contributed by atoms with Gasteiger partial charge < -0.3 is 4.98 Å². The van der Waals surface area contributed by atoms with Gasteiger partial charge in [0.15, 0.2) is 0 Å². The number of aromatic nitrogens is 1. The Hall–Kier alpha value is -2.30. The summed E-state index contributed by atoms with van der Waals surface area (Å²) in [5.74, 6) is -0.352. The van der Waals surface area contributed by atoms with Crippen molar-refractivity contribution in [3.8, 4) is 0 Å². The summed E-state index contributed by atoms with van der Waals surface area (Å²) in [7, 11) is 0. The highest BCUT2D eigenvalue weighted by Gasteiger charge is 2.07. The molecular weight excluding hydrogens is 321 g/mol. The number of carbonyl (C=O) groups excluding carboxylic acids is 1. The van der Waals surface area contributed by atoms with Crippen LogP contribution in [0.5, 0.6) is 0 Å². The molecule has 0 bridgehead atoms. The number of fused-ring (bicyclic) bond motifs is 1. The molecule has 2 aromatic carbocycles. The van der Waals surface area contributed by atoms with Gasteiger partial charge in [0.2, 0.25) is 0 Å².